The quantitative estimate of drug-likeness (QED) is 0.602. The molecule has 4 saturated carbocycles. The summed E-state index contributed by atoms with van der Waals surface area (Å²) in [7, 11) is 0. The van der Waals surface area contributed by atoms with Gasteiger partial charge in [-0.05, 0) is 82.3 Å². The zero-order valence-corrected chi connectivity index (χ0v) is 16.1. The van der Waals surface area contributed by atoms with Crippen LogP contribution in [0.5, 0.6) is 0 Å². The Morgan fingerprint density at radius 3 is 2.15 bits per heavy atom. The van der Waals surface area contributed by atoms with Gasteiger partial charge < -0.3 is 10.1 Å². The maximum Gasteiger partial charge on any atom is 0.269 e. The fourth-order valence-corrected chi connectivity index (χ4v) is 5.69. The lowest BCUT2D eigenvalue weighted by atomic mass is 9.54. The predicted molar refractivity (Wildman–Crippen MR) is 101 cm³/mol. The van der Waals surface area contributed by atoms with Crippen molar-refractivity contribution in [3.63, 3.8) is 0 Å². The SMILES string of the molecule is CC(C)(COC12CC3CC(CC(C3)C1)C2)NC(=O)c1ccc([N+](=O)[O-])cc1. The molecule has 27 heavy (non-hydrogen) atoms. The van der Waals surface area contributed by atoms with Crippen LogP contribution in [0.2, 0.25) is 0 Å². The lowest BCUT2D eigenvalue weighted by Crippen LogP contribution is -2.55. The summed E-state index contributed by atoms with van der Waals surface area (Å²) >= 11 is 0. The van der Waals surface area contributed by atoms with E-state index in [4.69, 9.17) is 4.74 Å². The van der Waals surface area contributed by atoms with E-state index >= 15 is 0 Å². The topological polar surface area (TPSA) is 81.5 Å². The first-order valence-electron chi connectivity index (χ1n) is 9.95. The van der Waals surface area contributed by atoms with Crippen LogP contribution in [-0.4, -0.2) is 28.6 Å². The molecule has 0 spiro atoms. The van der Waals surface area contributed by atoms with E-state index in [1.54, 1.807) is 0 Å². The van der Waals surface area contributed by atoms with E-state index < -0.39 is 10.5 Å². The standard InChI is InChI=1S/C21H28N2O4/c1-20(2,22-19(24)17-3-5-18(6-4-17)23(25)26)13-27-21-10-14-7-15(11-21)9-16(8-14)12-21/h3-6,14-16H,7-13H2,1-2H3,(H,22,24). The van der Waals surface area contributed by atoms with Crippen LogP contribution >= 0.6 is 0 Å². The highest BCUT2D eigenvalue weighted by molar-refractivity contribution is 5.94. The first-order chi connectivity index (χ1) is 12.7. The van der Waals surface area contributed by atoms with Crippen LogP contribution in [0.15, 0.2) is 24.3 Å². The second-order valence-electron chi connectivity index (χ2n) is 9.53. The summed E-state index contributed by atoms with van der Waals surface area (Å²) in [4.78, 5) is 22.8. The third kappa shape index (κ3) is 3.86. The molecule has 6 heteroatoms. The second-order valence-corrected chi connectivity index (χ2v) is 9.53. The van der Waals surface area contributed by atoms with E-state index in [9.17, 15) is 14.9 Å². The van der Waals surface area contributed by atoms with Crippen molar-refractivity contribution in [1.29, 1.82) is 0 Å². The molecule has 146 valence electrons. The molecule has 0 aliphatic heterocycles. The van der Waals surface area contributed by atoms with Crippen LogP contribution < -0.4 is 5.32 Å². The average Bonchev–Trinajstić information content (AvgIpc) is 2.59. The number of nitro groups is 1. The molecule has 1 N–H and O–H groups in total. The average molecular weight is 372 g/mol. The number of nitro benzene ring substituents is 1. The number of benzene rings is 1. The van der Waals surface area contributed by atoms with Gasteiger partial charge in [-0.25, -0.2) is 0 Å². The molecular weight excluding hydrogens is 344 g/mol. The summed E-state index contributed by atoms with van der Waals surface area (Å²) in [5.74, 6) is 2.25. The molecule has 0 radical (unpaired) electrons. The van der Waals surface area contributed by atoms with Crippen LogP contribution in [0.1, 0.15) is 62.7 Å². The molecule has 1 aromatic rings. The summed E-state index contributed by atoms with van der Waals surface area (Å²) in [6.45, 7) is 4.42. The zero-order chi connectivity index (χ0) is 19.2. The van der Waals surface area contributed by atoms with Gasteiger partial charge in [0.1, 0.15) is 0 Å². The van der Waals surface area contributed by atoms with E-state index in [1.165, 1.54) is 62.8 Å². The molecule has 4 aliphatic carbocycles. The van der Waals surface area contributed by atoms with Gasteiger partial charge in [0, 0.05) is 17.7 Å². The predicted octanol–water partition coefficient (Wildman–Crippen LogP) is 4.09. The summed E-state index contributed by atoms with van der Waals surface area (Å²) in [6.07, 6.45) is 7.65. The van der Waals surface area contributed by atoms with Crippen molar-refractivity contribution < 1.29 is 14.5 Å². The highest BCUT2D eigenvalue weighted by Gasteiger charge is 2.52. The van der Waals surface area contributed by atoms with E-state index in [-0.39, 0.29) is 17.2 Å². The van der Waals surface area contributed by atoms with E-state index in [0.717, 1.165) is 17.8 Å². The monoisotopic (exact) mass is 372 g/mol. The number of non-ortho nitro benzene ring substituents is 1. The molecule has 4 fully saturated rings. The van der Waals surface area contributed by atoms with Crippen molar-refractivity contribution in [2.24, 2.45) is 17.8 Å². The number of ether oxygens (including phenoxy) is 1. The minimum absolute atomic E-state index is 0.0176. The first-order valence-corrected chi connectivity index (χ1v) is 9.95. The fourth-order valence-electron chi connectivity index (χ4n) is 5.69. The van der Waals surface area contributed by atoms with Crippen LogP contribution in [0.25, 0.3) is 0 Å². The number of amides is 1. The maximum atomic E-state index is 12.5. The molecule has 0 aromatic heterocycles. The van der Waals surface area contributed by atoms with Crippen LogP contribution in [0.4, 0.5) is 5.69 Å². The van der Waals surface area contributed by atoms with Gasteiger partial charge in [-0.1, -0.05) is 0 Å². The van der Waals surface area contributed by atoms with Crippen molar-refractivity contribution >= 4 is 11.6 Å². The summed E-state index contributed by atoms with van der Waals surface area (Å²) in [6, 6.07) is 5.69. The van der Waals surface area contributed by atoms with Gasteiger partial charge in [-0.2, -0.15) is 0 Å². The summed E-state index contributed by atoms with van der Waals surface area (Å²) in [5.41, 5.74) is -0.0776. The Labute approximate surface area is 159 Å². The molecule has 1 amide bonds. The highest BCUT2D eigenvalue weighted by Crippen LogP contribution is 2.57. The highest BCUT2D eigenvalue weighted by atomic mass is 16.6. The van der Waals surface area contributed by atoms with Crippen LogP contribution in [0.3, 0.4) is 0 Å². The second kappa shape index (κ2) is 6.59. The molecule has 0 saturated heterocycles. The number of rotatable bonds is 6. The van der Waals surface area contributed by atoms with Crippen molar-refractivity contribution in [1.82, 2.24) is 5.32 Å². The van der Waals surface area contributed by atoms with Crippen LogP contribution in [-0.2, 0) is 4.74 Å². The van der Waals surface area contributed by atoms with Gasteiger partial charge in [0.25, 0.3) is 11.6 Å². The van der Waals surface area contributed by atoms with Gasteiger partial charge in [0.2, 0.25) is 0 Å². The van der Waals surface area contributed by atoms with Crippen molar-refractivity contribution in [2.75, 3.05) is 6.61 Å². The zero-order valence-electron chi connectivity index (χ0n) is 16.1. The minimum atomic E-state index is -0.498. The Hall–Kier alpha value is -1.95. The maximum absolute atomic E-state index is 12.5. The third-order valence-electron chi connectivity index (χ3n) is 6.51. The number of hydrogen-bond acceptors (Lipinski definition) is 4. The number of hydrogen-bond donors (Lipinski definition) is 1. The largest absolute Gasteiger partial charge is 0.373 e. The normalized spacial score (nSPS) is 31.7. The Bertz CT molecular complexity index is 706. The van der Waals surface area contributed by atoms with Gasteiger partial charge in [-0.15, -0.1) is 0 Å². The Balaban J connectivity index is 1.36. The molecule has 4 aliphatic rings. The number of carbonyl (C=O) groups excluding carboxylic acids is 1. The summed E-state index contributed by atoms with van der Waals surface area (Å²) < 4.78 is 6.49. The van der Waals surface area contributed by atoms with Crippen molar-refractivity contribution in [3.8, 4) is 0 Å². The fraction of sp³-hybridized carbons (Fsp3) is 0.667. The molecule has 1 aromatic carbocycles. The smallest absolute Gasteiger partial charge is 0.269 e. The van der Waals surface area contributed by atoms with Gasteiger partial charge in [0.05, 0.1) is 22.7 Å². The van der Waals surface area contributed by atoms with E-state index in [1.807, 2.05) is 13.8 Å². The molecule has 4 bridgehead atoms. The number of nitrogens with one attached hydrogen (secondary N) is 1. The molecular formula is C21H28N2O4. The van der Waals surface area contributed by atoms with Gasteiger partial charge in [0.15, 0.2) is 0 Å². The van der Waals surface area contributed by atoms with Gasteiger partial charge >= 0.3 is 0 Å². The van der Waals surface area contributed by atoms with Gasteiger partial charge in [-0.3, -0.25) is 14.9 Å². The lowest BCUT2D eigenvalue weighted by Gasteiger charge is -2.56. The molecule has 0 heterocycles. The molecule has 5 rings (SSSR count). The Kier molecular flexibility index (Phi) is 4.49. The third-order valence-corrected chi connectivity index (χ3v) is 6.51. The molecule has 6 nitrogen and oxygen atoms in total. The summed E-state index contributed by atoms with van der Waals surface area (Å²) in [5, 5.41) is 13.8. The number of nitrogens with zero attached hydrogens (tertiary/aromatic N) is 1. The lowest BCUT2D eigenvalue weighted by molar-refractivity contribution is -0.384. The molecule has 0 unspecified atom stereocenters. The van der Waals surface area contributed by atoms with E-state index in [0.29, 0.717) is 12.2 Å². The number of carbonyl (C=O) groups is 1. The Morgan fingerprint density at radius 1 is 1.15 bits per heavy atom. The first kappa shape index (κ1) is 18.4. The van der Waals surface area contributed by atoms with Crippen molar-refractivity contribution in [3.05, 3.63) is 39.9 Å². The minimum Gasteiger partial charge on any atom is -0.373 e. The van der Waals surface area contributed by atoms with Crippen LogP contribution in [0, 0.1) is 27.9 Å². The Morgan fingerprint density at radius 2 is 1.67 bits per heavy atom. The molecule has 0 atom stereocenters. The van der Waals surface area contributed by atoms with E-state index in [2.05, 4.69) is 5.32 Å². The van der Waals surface area contributed by atoms with Crippen molar-refractivity contribution in [2.45, 2.75) is 63.5 Å².